The average Bonchev–Trinajstić information content (AvgIpc) is 2.56. The Morgan fingerprint density at radius 1 is 1.00 bits per heavy atom. The lowest BCUT2D eigenvalue weighted by Gasteiger charge is -2.18. The van der Waals surface area contributed by atoms with Crippen molar-refractivity contribution >= 4 is 5.78 Å². The van der Waals surface area contributed by atoms with Crippen molar-refractivity contribution in [2.75, 3.05) is 0 Å². The van der Waals surface area contributed by atoms with E-state index in [0.717, 1.165) is 24.0 Å². The summed E-state index contributed by atoms with van der Waals surface area (Å²) in [5.41, 5.74) is 2.81. The minimum atomic E-state index is -0.888. The van der Waals surface area contributed by atoms with Gasteiger partial charge in [0.2, 0.25) is 0 Å². The van der Waals surface area contributed by atoms with E-state index < -0.39 is 6.10 Å². The number of carbonyl (C=O) groups excluding carboxylic acids is 1. The number of aliphatic hydroxyl groups excluding tert-OH is 1. The normalized spacial score (nSPS) is 13.4. The fourth-order valence-corrected chi connectivity index (χ4v) is 2.61. The number of Topliss-reactive ketones (excluding diaryl/α,β-unsaturated/α-hetero) is 1. The van der Waals surface area contributed by atoms with Gasteiger partial charge in [-0.05, 0) is 18.9 Å². The smallest absolute Gasteiger partial charge is 0.191 e. The molecule has 0 amide bonds. The summed E-state index contributed by atoms with van der Waals surface area (Å²) in [5, 5.41) is 10.7. The summed E-state index contributed by atoms with van der Waals surface area (Å²) < 4.78 is 0. The standard InChI is InChI=1S/C20H22O2/c1-3-10-15(2)18(19(21)16-11-6-4-7-12-16)20(22)17-13-8-5-9-14-17/h4-9,11-14,19,21H,3,10H2,1-2H3/b18-15+. The van der Waals surface area contributed by atoms with Gasteiger partial charge >= 0.3 is 0 Å². The van der Waals surface area contributed by atoms with Gasteiger partial charge in [-0.3, -0.25) is 4.79 Å². The second kappa shape index (κ2) is 7.71. The van der Waals surface area contributed by atoms with Crippen LogP contribution in [0.3, 0.4) is 0 Å². The number of benzene rings is 2. The molecule has 0 saturated carbocycles. The van der Waals surface area contributed by atoms with Crippen molar-refractivity contribution < 1.29 is 9.90 Å². The SMILES string of the molecule is CCC/C(C)=C(/C(=O)c1ccccc1)C(O)c1ccccc1. The molecular formula is C20H22O2. The summed E-state index contributed by atoms with van der Waals surface area (Å²) >= 11 is 0. The minimum absolute atomic E-state index is 0.0945. The predicted molar refractivity (Wildman–Crippen MR) is 89.8 cm³/mol. The predicted octanol–water partition coefficient (Wildman–Crippen LogP) is 4.72. The van der Waals surface area contributed by atoms with Crippen LogP contribution in [-0.4, -0.2) is 10.9 Å². The zero-order valence-electron chi connectivity index (χ0n) is 13.1. The molecule has 2 heteroatoms. The van der Waals surface area contributed by atoms with Crippen LogP contribution >= 0.6 is 0 Å². The van der Waals surface area contributed by atoms with Gasteiger partial charge in [0.05, 0.1) is 0 Å². The number of allylic oxidation sites excluding steroid dienone is 1. The maximum atomic E-state index is 12.9. The van der Waals surface area contributed by atoms with Gasteiger partial charge in [0, 0.05) is 11.1 Å². The van der Waals surface area contributed by atoms with E-state index in [1.807, 2.05) is 55.5 Å². The molecule has 22 heavy (non-hydrogen) atoms. The molecule has 2 aromatic rings. The van der Waals surface area contributed by atoms with Crippen molar-refractivity contribution in [2.24, 2.45) is 0 Å². The van der Waals surface area contributed by atoms with Crippen molar-refractivity contribution in [1.82, 2.24) is 0 Å². The van der Waals surface area contributed by atoms with Crippen LogP contribution in [0.1, 0.15) is 48.7 Å². The first-order valence-electron chi connectivity index (χ1n) is 7.67. The molecule has 0 spiro atoms. The van der Waals surface area contributed by atoms with Crippen LogP contribution in [0.25, 0.3) is 0 Å². The Hall–Kier alpha value is -2.19. The molecule has 114 valence electrons. The maximum Gasteiger partial charge on any atom is 0.191 e. The Bertz CT molecular complexity index is 642. The van der Waals surface area contributed by atoms with Gasteiger partial charge in [-0.15, -0.1) is 0 Å². The molecule has 0 fully saturated rings. The number of hydrogen-bond acceptors (Lipinski definition) is 2. The van der Waals surface area contributed by atoms with Gasteiger partial charge in [-0.1, -0.05) is 79.6 Å². The molecule has 0 aliphatic carbocycles. The quantitative estimate of drug-likeness (QED) is 0.618. The third-order valence-electron chi connectivity index (χ3n) is 3.75. The Morgan fingerprint density at radius 2 is 1.55 bits per heavy atom. The number of ketones is 1. The maximum absolute atomic E-state index is 12.9. The van der Waals surface area contributed by atoms with Gasteiger partial charge in [0.1, 0.15) is 6.10 Å². The van der Waals surface area contributed by atoms with E-state index in [4.69, 9.17) is 0 Å². The first kappa shape index (κ1) is 16.2. The highest BCUT2D eigenvalue weighted by molar-refractivity contribution is 6.09. The fraction of sp³-hybridized carbons (Fsp3) is 0.250. The van der Waals surface area contributed by atoms with E-state index in [0.29, 0.717) is 11.1 Å². The molecule has 2 aromatic carbocycles. The van der Waals surface area contributed by atoms with Crippen molar-refractivity contribution in [2.45, 2.75) is 32.8 Å². The lowest BCUT2D eigenvalue weighted by atomic mass is 9.89. The zero-order chi connectivity index (χ0) is 15.9. The van der Waals surface area contributed by atoms with Gasteiger partial charge in [0.25, 0.3) is 0 Å². The molecule has 1 N–H and O–H groups in total. The summed E-state index contributed by atoms with van der Waals surface area (Å²) in [5.74, 6) is -0.0945. The van der Waals surface area contributed by atoms with Crippen LogP contribution in [0.4, 0.5) is 0 Å². The van der Waals surface area contributed by atoms with Crippen molar-refractivity contribution in [3.8, 4) is 0 Å². The summed E-state index contributed by atoms with van der Waals surface area (Å²) in [6.07, 6.45) is 0.858. The average molecular weight is 294 g/mol. The Morgan fingerprint density at radius 3 is 2.09 bits per heavy atom. The second-order valence-corrected chi connectivity index (χ2v) is 5.45. The molecule has 2 rings (SSSR count). The highest BCUT2D eigenvalue weighted by atomic mass is 16.3. The first-order valence-corrected chi connectivity index (χ1v) is 7.67. The molecule has 0 saturated heterocycles. The molecule has 2 nitrogen and oxygen atoms in total. The van der Waals surface area contributed by atoms with Crippen molar-refractivity contribution in [3.63, 3.8) is 0 Å². The van der Waals surface area contributed by atoms with E-state index in [9.17, 15) is 9.90 Å². The number of aliphatic hydroxyl groups is 1. The lowest BCUT2D eigenvalue weighted by Crippen LogP contribution is -2.14. The highest BCUT2D eigenvalue weighted by Crippen LogP contribution is 2.29. The molecular weight excluding hydrogens is 272 g/mol. The monoisotopic (exact) mass is 294 g/mol. The fourth-order valence-electron chi connectivity index (χ4n) is 2.61. The van der Waals surface area contributed by atoms with Crippen molar-refractivity contribution in [1.29, 1.82) is 0 Å². The van der Waals surface area contributed by atoms with Crippen LogP contribution in [0.15, 0.2) is 71.8 Å². The number of hydrogen-bond donors (Lipinski definition) is 1. The van der Waals surface area contributed by atoms with E-state index >= 15 is 0 Å². The Labute approximate surface area is 132 Å². The molecule has 0 aromatic heterocycles. The molecule has 0 radical (unpaired) electrons. The number of rotatable bonds is 6. The van der Waals surface area contributed by atoms with Crippen LogP contribution in [0.5, 0.6) is 0 Å². The van der Waals surface area contributed by atoms with E-state index in [2.05, 4.69) is 6.92 Å². The molecule has 0 bridgehead atoms. The van der Waals surface area contributed by atoms with Crippen LogP contribution < -0.4 is 0 Å². The molecule has 0 aliphatic heterocycles. The van der Waals surface area contributed by atoms with Gasteiger partial charge in [-0.25, -0.2) is 0 Å². The molecule has 0 aliphatic rings. The molecule has 1 atom stereocenters. The first-order chi connectivity index (χ1) is 10.6. The summed E-state index contributed by atoms with van der Waals surface area (Å²) in [4.78, 5) is 12.9. The van der Waals surface area contributed by atoms with Gasteiger partial charge in [-0.2, -0.15) is 0 Å². The van der Waals surface area contributed by atoms with Crippen LogP contribution in [-0.2, 0) is 0 Å². The Kier molecular flexibility index (Phi) is 5.68. The largest absolute Gasteiger partial charge is 0.384 e. The van der Waals surface area contributed by atoms with E-state index in [1.54, 1.807) is 12.1 Å². The molecule has 1 unspecified atom stereocenters. The third kappa shape index (κ3) is 3.71. The van der Waals surface area contributed by atoms with E-state index in [-0.39, 0.29) is 5.78 Å². The molecule has 0 heterocycles. The second-order valence-electron chi connectivity index (χ2n) is 5.45. The highest BCUT2D eigenvalue weighted by Gasteiger charge is 2.23. The van der Waals surface area contributed by atoms with Gasteiger partial charge in [0.15, 0.2) is 5.78 Å². The summed E-state index contributed by atoms with van der Waals surface area (Å²) in [6, 6.07) is 18.5. The minimum Gasteiger partial charge on any atom is -0.384 e. The topological polar surface area (TPSA) is 37.3 Å². The van der Waals surface area contributed by atoms with Crippen molar-refractivity contribution in [3.05, 3.63) is 82.9 Å². The third-order valence-corrected chi connectivity index (χ3v) is 3.75. The van der Waals surface area contributed by atoms with Crippen LogP contribution in [0.2, 0.25) is 0 Å². The van der Waals surface area contributed by atoms with E-state index in [1.165, 1.54) is 0 Å². The number of carbonyl (C=O) groups is 1. The van der Waals surface area contributed by atoms with Crippen LogP contribution in [0, 0.1) is 0 Å². The summed E-state index contributed by atoms with van der Waals surface area (Å²) in [6.45, 7) is 4.01. The Balaban J connectivity index is 2.44. The lowest BCUT2D eigenvalue weighted by molar-refractivity contribution is 0.0984. The summed E-state index contributed by atoms with van der Waals surface area (Å²) in [7, 11) is 0. The van der Waals surface area contributed by atoms with Gasteiger partial charge < -0.3 is 5.11 Å². The zero-order valence-corrected chi connectivity index (χ0v) is 13.1.